The van der Waals surface area contributed by atoms with Crippen molar-refractivity contribution in [3.05, 3.63) is 27.7 Å². The molecule has 1 N–H and O–H groups in total. The molecule has 0 spiro atoms. The van der Waals surface area contributed by atoms with Crippen molar-refractivity contribution in [1.29, 1.82) is 0 Å². The summed E-state index contributed by atoms with van der Waals surface area (Å²) >= 11 is 0. The van der Waals surface area contributed by atoms with Crippen molar-refractivity contribution in [2.75, 3.05) is 0 Å². The van der Waals surface area contributed by atoms with Crippen molar-refractivity contribution in [3.63, 3.8) is 0 Å². The van der Waals surface area contributed by atoms with Crippen LogP contribution in [-0.2, 0) is 11.3 Å². The Balaban J connectivity index is 2.79. The minimum absolute atomic E-state index is 0.0686. The molecule has 120 valence electrons. The Hall–Kier alpha value is -2.25. The number of hydrogen-bond donors (Lipinski definition) is 1. The van der Waals surface area contributed by atoms with E-state index in [0.29, 0.717) is 5.69 Å². The largest absolute Gasteiger partial charge is 0.481 e. The van der Waals surface area contributed by atoms with Crippen LogP contribution in [-0.4, -0.2) is 25.4 Å². The first-order valence-electron chi connectivity index (χ1n) is 6.86. The summed E-state index contributed by atoms with van der Waals surface area (Å²) in [7, 11) is 0. The molecule has 8 heteroatoms. The number of alkyl halides is 2. The second kappa shape index (κ2) is 5.86. The molecular formula is C14H17F2N3O3. The maximum absolute atomic E-state index is 13.2. The fourth-order valence-corrected chi connectivity index (χ4v) is 2.52. The first-order valence-corrected chi connectivity index (χ1v) is 6.86. The van der Waals surface area contributed by atoms with Gasteiger partial charge in [-0.25, -0.2) is 8.78 Å². The number of pyridine rings is 1. The van der Waals surface area contributed by atoms with Gasteiger partial charge in [-0.1, -0.05) is 0 Å². The highest BCUT2D eigenvalue weighted by atomic mass is 19.3. The number of carboxylic acid groups (broad SMARTS) is 1. The summed E-state index contributed by atoms with van der Waals surface area (Å²) in [4.78, 5) is 22.8. The van der Waals surface area contributed by atoms with Gasteiger partial charge in [0.1, 0.15) is 0 Å². The Morgan fingerprint density at radius 2 is 2.05 bits per heavy atom. The minimum atomic E-state index is -2.80. The number of fused-ring (bicyclic) bond motifs is 1. The predicted octanol–water partition coefficient (Wildman–Crippen LogP) is 2.50. The molecule has 6 nitrogen and oxygen atoms in total. The second-order valence-corrected chi connectivity index (χ2v) is 5.36. The number of hydrogen-bond acceptors (Lipinski definition) is 3. The summed E-state index contributed by atoms with van der Waals surface area (Å²) in [6.07, 6.45) is -3.08. The molecule has 0 aliphatic carbocycles. The van der Waals surface area contributed by atoms with Gasteiger partial charge in [0.15, 0.2) is 5.65 Å². The van der Waals surface area contributed by atoms with E-state index in [9.17, 15) is 18.4 Å². The van der Waals surface area contributed by atoms with Crippen molar-refractivity contribution >= 4 is 17.0 Å². The van der Waals surface area contributed by atoms with Gasteiger partial charge < -0.3 is 5.11 Å². The van der Waals surface area contributed by atoms with E-state index >= 15 is 0 Å². The van der Waals surface area contributed by atoms with Crippen LogP contribution in [0.25, 0.3) is 11.0 Å². The quantitative estimate of drug-likeness (QED) is 0.920. The molecule has 0 radical (unpaired) electrons. The van der Waals surface area contributed by atoms with Crippen LogP contribution in [0.2, 0.25) is 0 Å². The summed E-state index contributed by atoms with van der Waals surface area (Å²) in [5.41, 5.74) is -0.395. The van der Waals surface area contributed by atoms with E-state index in [4.69, 9.17) is 5.11 Å². The van der Waals surface area contributed by atoms with Crippen LogP contribution >= 0.6 is 0 Å². The Bertz CT molecular complexity index is 778. The molecule has 0 atom stereocenters. The van der Waals surface area contributed by atoms with E-state index in [2.05, 4.69) is 5.10 Å². The number of halogens is 2. The molecule has 0 saturated carbocycles. The lowest BCUT2D eigenvalue weighted by atomic mass is 10.1. The Morgan fingerprint density at radius 3 is 2.55 bits per heavy atom. The molecular weight excluding hydrogens is 296 g/mol. The third-order valence-electron chi connectivity index (χ3n) is 3.49. The molecule has 0 amide bonds. The van der Waals surface area contributed by atoms with Gasteiger partial charge >= 0.3 is 5.97 Å². The Labute approximate surface area is 125 Å². The zero-order valence-corrected chi connectivity index (χ0v) is 12.5. The zero-order chi connectivity index (χ0) is 16.6. The molecule has 2 heterocycles. The molecule has 0 aliphatic rings. The van der Waals surface area contributed by atoms with Crippen molar-refractivity contribution in [2.45, 2.75) is 46.2 Å². The molecule has 0 aliphatic heterocycles. The summed E-state index contributed by atoms with van der Waals surface area (Å²) in [6, 6.07) is 0.801. The molecule has 0 unspecified atom stereocenters. The Morgan fingerprint density at radius 1 is 1.41 bits per heavy atom. The summed E-state index contributed by atoms with van der Waals surface area (Å²) in [5.74, 6) is -1.07. The second-order valence-electron chi connectivity index (χ2n) is 5.36. The lowest BCUT2D eigenvalue weighted by molar-refractivity contribution is -0.137. The number of nitrogens with zero attached hydrogens (tertiary/aromatic N) is 3. The lowest BCUT2D eigenvalue weighted by Gasteiger charge is -2.08. The van der Waals surface area contributed by atoms with Crippen LogP contribution in [0.5, 0.6) is 0 Å². The van der Waals surface area contributed by atoms with Crippen molar-refractivity contribution in [2.24, 2.45) is 0 Å². The normalized spacial score (nSPS) is 11.8. The first kappa shape index (κ1) is 16.1. The number of aryl methyl sites for hydroxylation is 2. The molecule has 2 aromatic heterocycles. The molecule has 0 aromatic carbocycles. The topological polar surface area (TPSA) is 77.1 Å². The van der Waals surface area contributed by atoms with E-state index < -0.39 is 18.0 Å². The molecule has 0 bridgehead atoms. The fraction of sp³-hybridized carbons (Fsp3) is 0.500. The summed E-state index contributed by atoms with van der Waals surface area (Å²) < 4.78 is 29.2. The standard InChI is InChI=1S/C14H17F2N3O3/c1-7(2)19-8(3)12-9(13(15)16)6-10(20)18(14(12)17-19)5-4-11(21)22/h6-7,13H,4-5H2,1-3H3,(H,21,22). The first-order chi connectivity index (χ1) is 10.2. The number of aromatic nitrogens is 3. The predicted molar refractivity (Wildman–Crippen MR) is 76.3 cm³/mol. The van der Waals surface area contributed by atoms with Gasteiger partial charge in [-0.3, -0.25) is 18.8 Å². The van der Waals surface area contributed by atoms with Gasteiger partial charge in [0.05, 0.1) is 6.42 Å². The third kappa shape index (κ3) is 2.72. The van der Waals surface area contributed by atoms with E-state index in [1.807, 2.05) is 13.8 Å². The minimum Gasteiger partial charge on any atom is -0.481 e. The van der Waals surface area contributed by atoms with Gasteiger partial charge in [0, 0.05) is 35.3 Å². The van der Waals surface area contributed by atoms with Crippen LogP contribution < -0.4 is 5.56 Å². The SMILES string of the molecule is Cc1c2c(C(F)F)cc(=O)n(CCC(=O)O)c2nn1C(C)C. The van der Waals surface area contributed by atoms with E-state index in [0.717, 1.165) is 10.6 Å². The van der Waals surface area contributed by atoms with Crippen molar-refractivity contribution in [1.82, 2.24) is 14.3 Å². The number of carboxylic acids is 1. The Kier molecular flexibility index (Phi) is 4.30. The van der Waals surface area contributed by atoms with Crippen molar-refractivity contribution < 1.29 is 18.7 Å². The average Bonchev–Trinajstić information content (AvgIpc) is 2.74. The van der Waals surface area contributed by atoms with Crippen molar-refractivity contribution in [3.8, 4) is 0 Å². The maximum atomic E-state index is 13.2. The molecule has 2 aromatic rings. The van der Waals surface area contributed by atoms with Crippen LogP contribution in [0.4, 0.5) is 8.78 Å². The fourth-order valence-electron chi connectivity index (χ4n) is 2.52. The van der Waals surface area contributed by atoms with Crippen LogP contribution in [0, 0.1) is 6.92 Å². The number of aliphatic carboxylic acids is 1. The molecule has 22 heavy (non-hydrogen) atoms. The highest BCUT2D eigenvalue weighted by molar-refractivity contribution is 5.82. The molecule has 2 rings (SSSR count). The van der Waals surface area contributed by atoms with Gasteiger partial charge in [0.2, 0.25) is 0 Å². The highest BCUT2D eigenvalue weighted by Gasteiger charge is 2.22. The van der Waals surface area contributed by atoms with Gasteiger partial charge in [0.25, 0.3) is 12.0 Å². The van der Waals surface area contributed by atoms with Crippen LogP contribution in [0.3, 0.4) is 0 Å². The molecule has 0 saturated heterocycles. The smallest absolute Gasteiger partial charge is 0.305 e. The van der Waals surface area contributed by atoms with Gasteiger partial charge in [-0.15, -0.1) is 0 Å². The maximum Gasteiger partial charge on any atom is 0.305 e. The monoisotopic (exact) mass is 313 g/mol. The summed E-state index contributed by atoms with van der Waals surface area (Å²) in [5, 5.41) is 13.2. The highest BCUT2D eigenvalue weighted by Crippen LogP contribution is 2.29. The molecule has 0 fully saturated rings. The number of rotatable bonds is 5. The van der Waals surface area contributed by atoms with Crippen LogP contribution in [0.1, 0.15) is 44.0 Å². The third-order valence-corrected chi connectivity index (χ3v) is 3.49. The summed E-state index contributed by atoms with van der Waals surface area (Å²) in [6.45, 7) is 5.25. The van der Waals surface area contributed by atoms with E-state index in [1.54, 1.807) is 11.6 Å². The average molecular weight is 313 g/mol. The lowest BCUT2D eigenvalue weighted by Crippen LogP contribution is -2.22. The van der Waals surface area contributed by atoms with Crippen LogP contribution in [0.15, 0.2) is 10.9 Å². The zero-order valence-electron chi connectivity index (χ0n) is 12.5. The van der Waals surface area contributed by atoms with Gasteiger partial charge in [-0.05, 0) is 20.8 Å². The number of carbonyl (C=O) groups is 1. The van der Waals surface area contributed by atoms with E-state index in [-0.39, 0.29) is 35.6 Å². The van der Waals surface area contributed by atoms with E-state index in [1.165, 1.54) is 0 Å². The van der Waals surface area contributed by atoms with Gasteiger partial charge in [-0.2, -0.15) is 5.10 Å².